The van der Waals surface area contributed by atoms with Crippen LogP contribution in [-0.4, -0.2) is 13.4 Å². The molecule has 0 saturated heterocycles. The Morgan fingerprint density at radius 2 is 2.07 bits per heavy atom. The van der Waals surface area contributed by atoms with E-state index in [-0.39, 0.29) is 10.6 Å². The summed E-state index contributed by atoms with van der Waals surface area (Å²) in [6, 6.07) is 0.943. The lowest BCUT2D eigenvalue weighted by Gasteiger charge is -2.07. The molecule has 0 aromatic carbocycles. The largest absolute Gasteiger partial charge is 0.280 e. The van der Waals surface area contributed by atoms with Crippen LogP contribution in [-0.2, 0) is 10.0 Å². The summed E-state index contributed by atoms with van der Waals surface area (Å²) < 4.78 is 46.6. The van der Waals surface area contributed by atoms with Gasteiger partial charge in [0.25, 0.3) is 16.4 Å². The molecule has 1 rings (SSSR count). The Kier molecular flexibility index (Phi) is 3.27. The summed E-state index contributed by atoms with van der Waals surface area (Å²) in [6.45, 7) is 1.32. The molecule has 0 spiro atoms. The number of hydrogen-bond donors (Lipinski definition) is 1. The van der Waals surface area contributed by atoms with Crippen molar-refractivity contribution < 1.29 is 17.2 Å². The van der Waals surface area contributed by atoms with Gasteiger partial charge in [-0.05, 0) is 18.6 Å². The molecule has 4 nitrogen and oxygen atoms in total. The molecule has 15 heavy (non-hydrogen) atoms. The van der Waals surface area contributed by atoms with Crippen molar-refractivity contribution >= 4 is 21.6 Å². The molecular formula is C7H7ClF2N2O2S. The standard InChI is InChI=1S/C7H7ClF2N2O2S/c1-3-4(8)2-5(15(11,13)14)12-6(3)7(9)10/h2,7H,1H3,(H2,11,13,14). The summed E-state index contributed by atoms with van der Waals surface area (Å²) in [4.78, 5) is 3.26. The van der Waals surface area contributed by atoms with Crippen LogP contribution in [0.4, 0.5) is 8.78 Å². The maximum Gasteiger partial charge on any atom is 0.280 e. The average Bonchev–Trinajstić information content (AvgIpc) is 2.06. The minimum absolute atomic E-state index is 0.0408. The second kappa shape index (κ2) is 3.99. The van der Waals surface area contributed by atoms with Gasteiger partial charge in [0.15, 0.2) is 5.03 Å². The summed E-state index contributed by atoms with van der Waals surface area (Å²) in [7, 11) is -4.13. The predicted molar refractivity (Wildman–Crippen MR) is 50.3 cm³/mol. The molecule has 0 aliphatic heterocycles. The fourth-order valence-electron chi connectivity index (χ4n) is 0.932. The van der Waals surface area contributed by atoms with Crippen LogP contribution in [0.2, 0.25) is 5.02 Å². The molecule has 0 fully saturated rings. The second-order valence-corrected chi connectivity index (χ2v) is 4.71. The quantitative estimate of drug-likeness (QED) is 0.874. The summed E-state index contributed by atoms with van der Waals surface area (Å²) in [5.41, 5.74) is -0.634. The third kappa shape index (κ3) is 2.61. The van der Waals surface area contributed by atoms with E-state index < -0.39 is 27.2 Å². The van der Waals surface area contributed by atoms with Gasteiger partial charge in [-0.25, -0.2) is 27.3 Å². The molecular weight excluding hydrogens is 250 g/mol. The molecule has 0 aliphatic rings. The molecule has 0 unspecified atom stereocenters. The number of nitrogens with zero attached hydrogens (tertiary/aromatic N) is 1. The molecule has 84 valence electrons. The Bertz CT molecular complexity index is 490. The zero-order chi connectivity index (χ0) is 11.8. The van der Waals surface area contributed by atoms with Gasteiger partial charge in [0, 0.05) is 5.02 Å². The highest BCUT2D eigenvalue weighted by Crippen LogP contribution is 2.27. The number of hydrogen-bond acceptors (Lipinski definition) is 3. The van der Waals surface area contributed by atoms with E-state index in [1.165, 1.54) is 6.92 Å². The Balaban J connectivity index is 3.50. The van der Waals surface area contributed by atoms with Gasteiger partial charge >= 0.3 is 0 Å². The molecule has 0 radical (unpaired) electrons. The van der Waals surface area contributed by atoms with Crippen LogP contribution in [0.25, 0.3) is 0 Å². The van der Waals surface area contributed by atoms with Crippen LogP contribution < -0.4 is 5.14 Å². The van der Waals surface area contributed by atoms with Gasteiger partial charge in [0.2, 0.25) is 0 Å². The SMILES string of the molecule is Cc1c(Cl)cc(S(N)(=O)=O)nc1C(F)F. The summed E-state index contributed by atoms with van der Waals surface area (Å²) >= 11 is 5.58. The molecule has 0 bridgehead atoms. The maximum atomic E-state index is 12.4. The first-order chi connectivity index (χ1) is 6.73. The van der Waals surface area contributed by atoms with E-state index in [1.807, 2.05) is 0 Å². The predicted octanol–water partition coefficient (Wildman–Crippen LogP) is 1.63. The molecule has 0 atom stereocenters. The normalized spacial score (nSPS) is 12.1. The van der Waals surface area contributed by atoms with E-state index >= 15 is 0 Å². The minimum Gasteiger partial charge on any atom is -0.234 e. The first-order valence-corrected chi connectivity index (χ1v) is 5.64. The van der Waals surface area contributed by atoms with Crippen LogP contribution in [0.15, 0.2) is 11.1 Å². The summed E-state index contributed by atoms with van der Waals surface area (Å²) in [5.74, 6) is 0. The van der Waals surface area contributed by atoms with Crippen LogP contribution in [0.3, 0.4) is 0 Å². The van der Waals surface area contributed by atoms with Gasteiger partial charge in [0.1, 0.15) is 5.69 Å². The number of alkyl halides is 2. The Morgan fingerprint density at radius 3 is 2.47 bits per heavy atom. The van der Waals surface area contributed by atoms with Crippen molar-refractivity contribution in [3.63, 3.8) is 0 Å². The lowest BCUT2D eigenvalue weighted by Crippen LogP contribution is -2.15. The molecule has 0 saturated carbocycles. The van der Waals surface area contributed by atoms with Gasteiger partial charge in [-0.15, -0.1) is 0 Å². The van der Waals surface area contributed by atoms with Crippen LogP contribution in [0.1, 0.15) is 17.7 Å². The van der Waals surface area contributed by atoms with Crippen molar-refractivity contribution in [3.05, 3.63) is 22.3 Å². The number of primary sulfonamides is 1. The maximum absolute atomic E-state index is 12.4. The van der Waals surface area contributed by atoms with Gasteiger partial charge in [-0.1, -0.05) is 11.6 Å². The first kappa shape index (κ1) is 12.3. The van der Waals surface area contributed by atoms with Crippen molar-refractivity contribution in [2.75, 3.05) is 0 Å². The second-order valence-electron chi connectivity index (χ2n) is 2.80. The number of sulfonamides is 1. The zero-order valence-electron chi connectivity index (χ0n) is 7.54. The first-order valence-electron chi connectivity index (χ1n) is 3.71. The van der Waals surface area contributed by atoms with Gasteiger partial charge < -0.3 is 0 Å². The topological polar surface area (TPSA) is 73.1 Å². The summed E-state index contributed by atoms with van der Waals surface area (Å²) in [5, 5.41) is 3.98. The van der Waals surface area contributed by atoms with Crippen molar-refractivity contribution in [1.82, 2.24) is 4.98 Å². The van der Waals surface area contributed by atoms with Crippen molar-refractivity contribution in [3.8, 4) is 0 Å². The van der Waals surface area contributed by atoms with Crippen LogP contribution in [0.5, 0.6) is 0 Å². The number of rotatable bonds is 2. The zero-order valence-corrected chi connectivity index (χ0v) is 9.11. The van der Waals surface area contributed by atoms with E-state index in [0.717, 1.165) is 6.07 Å². The highest BCUT2D eigenvalue weighted by Gasteiger charge is 2.20. The van der Waals surface area contributed by atoms with Crippen molar-refractivity contribution in [2.45, 2.75) is 18.4 Å². The Hall–Kier alpha value is -0.790. The van der Waals surface area contributed by atoms with E-state index in [2.05, 4.69) is 4.98 Å². The molecule has 1 aromatic rings. The van der Waals surface area contributed by atoms with E-state index in [9.17, 15) is 17.2 Å². The molecule has 8 heteroatoms. The Morgan fingerprint density at radius 1 is 1.53 bits per heavy atom. The lowest BCUT2D eigenvalue weighted by atomic mass is 10.2. The molecule has 2 N–H and O–H groups in total. The van der Waals surface area contributed by atoms with E-state index in [0.29, 0.717) is 0 Å². The highest BCUT2D eigenvalue weighted by molar-refractivity contribution is 7.89. The van der Waals surface area contributed by atoms with Crippen LogP contribution >= 0.6 is 11.6 Å². The smallest absolute Gasteiger partial charge is 0.234 e. The molecule has 1 heterocycles. The highest BCUT2D eigenvalue weighted by atomic mass is 35.5. The fraction of sp³-hybridized carbons (Fsp3) is 0.286. The lowest BCUT2D eigenvalue weighted by molar-refractivity contribution is 0.144. The van der Waals surface area contributed by atoms with Crippen molar-refractivity contribution in [1.29, 1.82) is 0 Å². The monoisotopic (exact) mass is 256 g/mol. The van der Waals surface area contributed by atoms with Crippen molar-refractivity contribution in [2.24, 2.45) is 5.14 Å². The number of halogens is 3. The number of pyridine rings is 1. The van der Waals surface area contributed by atoms with E-state index in [1.54, 1.807) is 0 Å². The van der Waals surface area contributed by atoms with Gasteiger partial charge in [0.05, 0.1) is 0 Å². The third-order valence-corrected chi connectivity index (χ3v) is 2.91. The third-order valence-electron chi connectivity index (χ3n) is 1.72. The fourth-order valence-corrected chi connectivity index (χ4v) is 1.70. The van der Waals surface area contributed by atoms with Gasteiger partial charge in [-0.3, -0.25) is 0 Å². The number of nitrogens with two attached hydrogens (primary N) is 1. The summed E-state index contributed by atoms with van der Waals surface area (Å²) in [6.07, 6.45) is -2.90. The van der Waals surface area contributed by atoms with E-state index in [4.69, 9.17) is 16.7 Å². The van der Waals surface area contributed by atoms with Gasteiger partial charge in [-0.2, -0.15) is 0 Å². The molecule has 0 aliphatic carbocycles. The molecule has 1 aromatic heterocycles. The minimum atomic E-state index is -4.13. The van der Waals surface area contributed by atoms with Crippen LogP contribution in [0, 0.1) is 6.92 Å². The average molecular weight is 257 g/mol. The number of aromatic nitrogens is 1. The Labute approximate surface area is 90.1 Å². The molecule has 0 amide bonds.